The molecule has 4 heteroatoms. The summed E-state index contributed by atoms with van der Waals surface area (Å²) in [5.41, 5.74) is 2.27. The second kappa shape index (κ2) is 9.20. The van der Waals surface area contributed by atoms with E-state index in [2.05, 4.69) is 12.1 Å². The molecule has 0 radical (unpaired) electrons. The van der Waals surface area contributed by atoms with E-state index in [1.54, 1.807) is 0 Å². The molecule has 1 unspecified atom stereocenters. The van der Waals surface area contributed by atoms with Gasteiger partial charge in [-0.2, -0.15) is 0 Å². The first-order valence-corrected chi connectivity index (χ1v) is 9.74. The van der Waals surface area contributed by atoms with E-state index in [-0.39, 0.29) is 18.4 Å². The average molecular weight is 372 g/mol. The van der Waals surface area contributed by atoms with Gasteiger partial charge in [0.15, 0.2) is 0 Å². The second-order valence-corrected chi connectivity index (χ2v) is 7.49. The van der Waals surface area contributed by atoms with Gasteiger partial charge in [-0.15, -0.1) is 0 Å². The molecule has 1 aliphatic heterocycles. The second-order valence-electron chi connectivity index (χ2n) is 7.06. The topological polar surface area (TPSA) is 40.5 Å². The minimum atomic E-state index is 0.0381. The molecule has 1 saturated heterocycles. The number of halogens is 1. The first-order chi connectivity index (χ1) is 12.7. The summed E-state index contributed by atoms with van der Waals surface area (Å²) >= 11 is 6.04. The van der Waals surface area contributed by atoms with Gasteiger partial charge in [0.05, 0.1) is 0 Å². The lowest BCUT2D eigenvalue weighted by atomic mass is 9.87. The van der Waals surface area contributed by atoms with E-state index in [1.165, 1.54) is 0 Å². The van der Waals surface area contributed by atoms with Crippen molar-refractivity contribution in [1.82, 2.24) is 4.90 Å². The number of aliphatic hydroxyl groups is 1. The third kappa shape index (κ3) is 4.87. The van der Waals surface area contributed by atoms with E-state index in [4.69, 9.17) is 16.7 Å². The molecule has 1 heterocycles. The fourth-order valence-corrected chi connectivity index (χ4v) is 3.89. The highest BCUT2D eigenvalue weighted by Gasteiger charge is 2.25. The molecule has 0 bridgehead atoms. The van der Waals surface area contributed by atoms with Crippen molar-refractivity contribution in [3.63, 3.8) is 0 Å². The van der Waals surface area contributed by atoms with E-state index in [0.717, 1.165) is 43.5 Å². The maximum Gasteiger partial charge on any atom is 0.223 e. The molecule has 0 aliphatic carbocycles. The van der Waals surface area contributed by atoms with Crippen LogP contribution in [0.2, 0.25) is 5.02 Å². The number of carbonyl (C=O) groups is 1. The van der Waals surface area contributed by atoms with Crippen LogP contribution in [0.25, 0.3) is 0 Å². The van der Waals surface area contributed by atoms with Gasteiger partial charge in [-0.25, -0.2) is 0 Å². The molecule has 1 fully saturated rings. The molecule has 1 aliphatic rings. The number of nitrogens with zero attached hydrogens (tertiary/aromatic N) is 1. The summed E-state index contributed by atoms with van der Waals surface area (Å²) in [6.45, 7) is 1.84. The normalized spacial score (nSPS) is 16.5. The maximum atomic E-state index is 12.9. The number of benzene rings is 2. The monoisotopic (exact) mass is 371 g/mol. The van der Waals surface area contributed by atoms with Gasteiger partial charge in [0, 0.05) is 37.1 Å². The Morgan fingerprint density at radius 1 is 1.04 bits per heavy atom. The Bertz CT molecular complexity index is 694. The molecule has 138 valence electrons. The molecule has 1 N–H and O–H groups in total. The molecular weight excluding hydrogens is 346 g/mol. The van der Waals surface area contributed by atoms with Crippen molar-refractivity contribution in [2.45, 2.75) is 31.6 Å². The number of carbonyl (C=O) groups excluding carboxylic acids is 1. The Hall–Kier alpha value is -1.84. The van der Waals surface area contributed by atoms with Crippen LogP contribution in [0.15, 0.2) is 54.6 Å². The van der Waals surface area contributed by atoms with Crippen LogP contribution in [0.5, 0.6) is 0 Å². The van der Waals surface area contributed by atoms with Crippen LogP contribution in [-0.2, 0) is 4.79 Å². The summed E-state index contributed by atoms with van der Waals surface area (Å²) in [6.07, 6.45) is 3.29. The Morgan fingerprint density at radius 3 is 2.27 bits per heavy atom. The van der Waals surface area contributed by atoms with E-state index in [1.807, 2.05) is 47.4 Å². The zero-order chi connectivity index (χ0) is 18.4. The molecule has 2 aromatic rings. The Kier molecular flexibility index (Phi) is 6.70. The van der Waals surface area contributed by atoms with E-state index in [9.17, 15) is 4.79 Å². The highest BCUT2D eigenvalue weighted by molar-refractivity contribution is 6.30. The third-order valence-electron chi connectivity index (χ3n) is 5.36. The van der Waals surface area contributed by atoms with Crippen LogP contribution in [-0.4, -0.2) is 35.6 Å². The summed E-state index contributed by atoms with van der Waals surface area (Å²) in [4.78, 5) is 14.9. The molecular formula is C22H26ClNO2. The van der Waals surface area contributed by atoms with Gasteiger partial charge in [-0.1, -0.05) is 54.1 Å². The first kappa shape index (κ1) is 18.9. The van der Waals surface area contributed by atoms with Crippen LogP contribution < -0.4 is 0 Å². The quantitative estimate of drug-likeness (QED) is 0.813. The molecule has 0 saturated carbocycles. The molecule has 1 atom stereocenters. The summed E-state index contributed by atoms with van der Waals surface area (Å²) in [7, 11) is 0. The number of hydrogen-bond donors (Lipinski definition) is 1. The van der Waals surface area contributed by atoms with E-state index < -0.39 is 0 Å². The molecule has 2 aromatic carbocycles. The minimum absolute atomic E-state index is 0.0381. The summed E-state index contributed by atoms with van der Waals surface area (Å²) in [5, 5.41) is 9.80. The lowest BCUT2D eigenvalue weighted by molar-refractivity contribution is -0.132. The van der Waals surface area contributed by atoms with Crippen molar-refractivity contribution in [3.05, 3.63) is 70.7 Å². The Morgan fingerprint density at radius 2 is 1.65 bits per heavy atom. The van der Waals surface area contributed by atoms with Crippen LogP contribution in [0, 0.1) is 5.92 Å². The van der Waals surface area contributed by atoms with Crippen LogP contribution in [0.1, 0.15) is 42.7 Å². The fourth-order valence-electron chi connectivity index (χ4n) is 3.77. The standard InChI is InChI=1S/C22H26ClNO2/c23-20-8-6-19(7-9-20)21(18-4-2-1-3-5-18)16-22(26)24-13-10-17(11-14-24)12-15-25/h1-9,17,21,25H,10-16H2. The van der Waals surface area contributed by atoms with Crippen molar-refractivity contribution in [2.24, 2.45) is 5.92 Å². The van der Waals surface area contributed by atoms with Crippen LogP contribution in [0.3, 0.4) is 0 Å². The zero-order valence-electron chi connectivity index (χ0n) is 15.0. The van der Waals surface area contributed by atoms with Gasteiger partial charge in [0.25, 0.3) is 0 Å². The van der Waals surface area contributed by atoms with Crippen molar-refractivity contribution >= 4 is 17.5 Å². The van der Waals surface area contributed by atoms with Gasteiger partial charge in [-0.05, 0) is 48.4 Å². The lowest BCUT2D eigenvalue weighted by Crippen LogP contribution is -2.39. The highest BCUT2D eigenvalue weighted by Crippen LogP contribution is 2.30. The number of hydrogen-bond acceptors (Lipinski definition) is 2. The third-order valence-corrected chi connectivity index (χ3v) is 5.61. The SMILES string of the molecule is O=C(CC(c1ccccc1)c1ccc(Cl)cc1)N1CCC(CCO)CC1. The lowest BCUT2D eigenvalue weighted by Gasteiger charge is -2.33. The predicted molar refractivity (Wildman–Crippen MR) is 105 cm³/mol. The van der Waals surface area contributed by atoms with Gasteiger partial charge in [0.1, 0.15) is 0 Å². The maximum absolute atomic E-state index is 12.9. The minimum Gasteiger partial charge on any atom is -0.396 e. The summed E-state index contributed by atoms with van der Waals surface area (Å²) in [6, 6.07) is 18.0. The fraction of sp³-hybridized carbons (Fsp3) is 0.409. The predicted octanol–water partition coefficient (Wildman–Crippen LogP) is 4.48. The summed E-state index contributed by atoms with van der Waals surface area (Å²) < 4.78 is 0. The van der Waals surface area contributed by atoms with Gasteiger partial charge >= 0.3 is 0 Å². The first-order valence-electron chi connectivity index (χ1n) is 9.36. The van der Waals surface area contributed by atoms with E-state index >= 15 is 0 Å². The number of piperidine rings is 1. The largest absolute Gasteiger partial charge is 0.396 e. The van der Waals surface area contributed by atoms with Crippen molar-refractivity contribution in [1.29, 1.82) is 0 Å². The van der Waals surface area contributed by atoms with Gasteiger partial charge < -0.3 is 10.0 Å². The highest BCUT2D eigenvalue weighted by atomic mass is 35.5. The number of aliphatic hydroxyl groups excluding tert-OH is 1. The van der Waals surface area contributed by atoms with Gasteiger partial charge in [-0.3, -0.25) is 4.79 Å². The molecule has 26 heavy (non-hydrogen) atoms. The average Bonchev–Trinajstić information content (AvgIpc) is 2.68. The molecule has 0 spiro atoms. The van der Waals surface area contributed by atoms with E-state index in [0.29, 0.717) is 17.4 Å². The van der Waals surface area contributed by atoms with Crippen molar-refractivity contribution in [3.8, 4) is 0 Å². The molecule has 3 nitrogen and oxygen atoms in total. The number of likely N-dealkylation sites (tertiary alicyclic amines) is 1. The molecule has 3 rings (SSSR count). The van der Waals surface area contributed by atoms with Crippen molar-refractivity contribution in [2.75, 3.05) is 19.7 Å². The zero-order valence-corrected chi connectivity index (χ0v) is 15.7. The van der Waals surface area contributed by atoms with Crippen molar-refractivity contribution < 1.29 is 9.90 Å². The van der Waals surface area contributed by atoms with Crippen LogP contribution in [0.4, 0.5) is 0 Å². The Balaban J connectivity index is 1.72. The van der Waals surface area contributed by atoms with Crippen LogP contribution >= 0.6 is 11.6 Å². The summed E-state index contributed by atoms with van der Waals surface area (Å²) in [5.74, 6) is 0.789. The van der Waals surface area contributed by atoms with Gasteiger partial charge in [0.2, 0.25) is 5.91 Å². The molecule has 1 amide bonds. The smallest absolute Gasteiger partial charge is 0.223 e. The number of rotatable bonds is 6. The number of amides is 1. The molecule has 0 aromatic heterocycles. The Labute approximate surface area is 160 Å².